The van der Waals surface area contributed by atoms with Gasteiger partial charge in [0.2, 0.25) is 0 Å². The van der Waals surface area contributed by atoms with Crippen LogP contribution in [0.5, 0.6) is 0 Å². The van der Waals surface area contributed by atoms with Crippen LogP contribution in [0.25, 0.3) is 31.3 Å². The van der Waals surface area contributed by atoms with E-state index in [1.54, 1.807) is 11.3 Å². The summed E-state index contributed by atoms with van der Waals surface area (Å²) in [7, 11) is 0. The van der Waals surface area contributed by atoms with E-state index in [-0.39, 0.29) is 0 Å². The first-order chi connectivity index (χ1) is 17.7. The topological polar surface area (TPSA) is 0 Å². The first-order valence-electron chi connectivity index (χ1n) is 13.8. The van der Waals surface area contributed by atoms with Crippen LogP contribution in [-0.4, -0.2) is 0 Å². The molecular formula is C33H37BrS2. The minimum atomic E-state index is 1.07. The summed E-state index contributed by atoms with van der Waals surface area (Å²) < 4.78 is 1.19. The number of rotatable bonds is 13. The van der Waals surface area contributed by atoms with Crippen molar-refractivity contribution in [2.24, 2.45) is 0 Å². The molecule has 2 heterocycles. The van der Waals surface area contributed by atoms with Gasteiger partial charge in [-0.05, 0) is 98.9 Å². The zero-order valence-electron chi connectivity index (χ0n) is 21.5. The molecular weight excluding hydrogens is 540 g/mol. The fraction of sp³-hybridized carbons (Fsp3) is 0.394. The van der Waals surface area contributed by atoms with Gasteiger partial charge in [-0.15, -0.1) is 22.7 Å². The molecule has 0 unspecified atom stereocenters. The van der Waals surface area contributed by atoms with Gasteiger partial charge in [-0.1, -0.05) is 95.0 Å². The van der Waals surface area contributed by atoms with E-state index in [4.69, 9.17) is 0 Å². The molecule has 36 heavy (non-hydrogen) atoms. The van der Waals surface area contributed by atoms with Crippen molar-refractivity contribution in [1.82, 2.24) is 0 Å². The quantitative estimate of drug-likeness (QED) is 0.122. The van der Waals surface area contributed by atoms with Gasteiger partial charge in [0.05, 0.1) is 3.79 Å². The van der Waals surface area contributed by atoms with E-state index in [0.29, 0.717) is 0 Å². The number of aryl methyl sites for hydroxylation is 1. The third-order valence-corrected chi connectivity index (χ3v) is 10.4. The Labute approximate surface area is 233 Å². The highest BCUT2D eigenvalue weighted by Gasteiger charge is 2.19. The van der Waals surface area contributed by atoms with Crippen molar-refractivity contribution in [3.05, 3.63) is 81.1 Å². The van der Waals surface area contributed by atoms with Crippen molar-refractivity contribution in [2.45, 2.75) is 84.0 Å². The molecule has 5 rings (SSSR count). The van der Waals surface area contributed by atoms with Gasteiger partial charge in [0, 0.05) is 14.6 Å². The van der Waals surface area contributed by atoms with Crippen LogP contribution in [0.1, 0.15) is 87.8 Å². The largest absolute Gasteiger partial charge is 0.134 e. The van der Waals surface area contributed by atoms with Crippen LogP contribution in [0.15, 0.2) is 64.5 Å². The van der Waals surface area contributed by atoms with E-state index >= 15 is 0 Å². The fourth-order valence-electron chi connectivity index (χ4n) is 5.46. The zero-order chi connectivity index (χ0) is 24.7. The van der Waals surface area contributed by atoms with Gasteiger partial charge in [-0.25, -0.2) is 0 Å². The molecule has 2 aromatic carbocycles. The van der Waals surface area contributed by atoms with Crippen molar-refractivity contribution >= 4 is 38.6 Å². The maximum Gasteiger partial charge on any atom is 0.0705 e. The second kappa shape index (κ2) is 12.7. The highest BCUT2D eigenvalue weighted by atomic mass is 79.9. The van der Waals surface area contributed by atoms with Gasteiger partial charge in [0.15, 0.2) is 0 Å². The van der Waals surface area contributed by atoms with E-state index in [1.165, 1.54) is 122 Å². The molecule has 4 aromatic rings. The van der Waals surface area contributed by atoms with Gasteiger partial charge in [-0.3, -0.25) is 0 Å². The smallest absolute Gasteiger partial charge is 0.0705 e. The van der Waals surface area contributed by atoms with Gasteiger partial charge < -0.3 is 0 Å². The molecule has 0 aliphatic heterocycles. The van der Waals surface area contributed by atoms with E-state index < -0.39 is 0 Å². The predicted octanol–water partition coefficient (Wildman–Crippen LogP) is 11.9. The lowest BCUT2D eigenvalue weighted by atomic mass is 9.99. The minimum absolute atomic E-state index is 1.07. The summed E-state index contributed by atoms with van der Waals surface area (Å²) in [6.07, 6.45) is 16.3. The van der Waals surface area contributed by atoms with Crippen LogP contribution in [0.4, 0.5) is 0 Å². The van der Waals surface area contributed by atoms with Gasteiger partial charge in [0.25, 0.3) is 0 Å². The lowest BCUT2D eigenvalue weighted by Crippen LogP contribution is -1.89. The Morgan fingerprint density at radius 1 is 0.611 bits per heavy atom. The van der Waals surface area contributed by atoms with Gasteiger partial charge in [-0.2, -0.15) is 0 Å². The van der Waals surface area contributed by atoms with Gasteiger partial charge >= 0.3 is 0 Å². The molecule has 0 radical (unpaired) electrons. The van der Waals surface area contributed by atoms with Crippen molar-refractivity contribution in [2.75, 3.05) is 0 Å². The lowest BCUT2D eigenvalue weighted by Gasteiger charge is -2.06. The summed E-state index contributed by atoms with van der Waals surface area (Å²) in [6, 6.07) is 23.2. The van der Waals surface area contributed by atoms with Crippen LogP contribution in [-0.2, 0) is 12.8 Å². The van der Waals surface area contributed by atoms with Crippen LogP contribution in [0.3, 0.4) is 0 Å². The number of thiophene rings is 2. The maximum atomic E-state index is 3.59. The minimum Gasteiger partial charge on any atom is -0.134 e. The maximum absolute atomic E-state index is 3.59. The molecule has 3 heteroatoms. The van der Waals surface area contributed by atoms with Crippen LogP contribution in [0, 0.1) is 0 Å². The molecule has 1 aliphatic carbocycles. The average molecular weight is 578 g/mol. The average Bonchev–Trinajstić information content (AvgIpc) is 3.62. The zero-order valence-corrected chi connectivity index (χ0v) is 24.7. The molecule has 0 spiro atoms. The molecule has 0 saturated heterocycles. The summed E-state index contributed by atoms with van der Waals surface area (Å²) >= 11 is 7.29. The Morgan fingerprint density at radius 3 is 1.94 bits per heavy atom. The van der Waals surface area contributed by atoms with Crippen molar-refractivity contribution in [3.8, 4) is 31.3 Å². The lowest BCUT2D eigenvalue weighted by molar-refractivity contribution is 0.556. The monoisotopic (exact) mass is 576 g/mol. The standard InChI is InChI=1S/C33H37BrS2/c1-2-3-4-5-6-7-8-9-10-11-12-24-13-15-28-26(21-24)23-27-22-25(14-16-29(27)28)30-17-18-31(35-30)32-19-20-33(34)36-32/h13-22H,2-12,23H2,1H3. The second-order valence-electron chi connectivity index (χ2n) is 10.2. The Hall–Kier alpha value is -1.68. The summed E-state index contributed by atoms with van der Waals surface area (Å²) in [5, 5.41) is 0. The number of hydrogen-bond acceptors (Lipinski definition) is 2. The van der Waals surface area contributed by atoms with E-state index in [2.05, 4.69) is 83.5 Å². The number of hydrogen-bond donors (Lipinski definition) is 0. The number of halogens is 1. The van der Waals surface area contributed by atoms with E-state index in [1.807, 2.05) is 11.3 Å². The molecule has 1 aliphatic rings. The van der Waals surface area contributed by atoms with Crippen LogP contribution < -0.4 is 0 Å². The van der Waals surface area contributed by atoms with Crippen molar-refractivity contribution < 1.29 is 0 Å². The molecule has 2 aromatic heterocycles. The molecule has 0 bridgehead atoms. The molecule has 0 fully saturated rings. The molecule has 0 amide bonds. The van der Waals surface area contributed by atoms with E-state index in [9.17, 15) is 0 Å². The molecule has 0 atom stereocenters. The van der Waals surface area contributed by atoms with E-state index in [0.717, 1.165) is 6.42 Å². The second-order valence-corrected chi connectivity index (χ2v) is 13.8. The molecule has 188 valence electrons. The fourth-order valence-corrected chi connectivity index (χ4v) is 7.94. The first-order valence-corrected chi connectivity index (χ1v) is 16.2. The predicted molar refractivity (Wildman–Crippen MR) is 165 cm³/mol. The third-order valence-electron chi connectivity index (χ3n) is 7.47. The van der Waals surface area contributed by atoms with Crippen molar-refractivity contribution in [3.63, 3.8) is 0 Å². The SMILES string of the molecule is CCCCCCCCCCCCc1ccc2c(c1)Cc1cc(-c3ccc(-c4ccc(Br)s4)s3)ccc1-2. The van der Waals surface area contributed by atoms with Crippen LogP contribution >= 0.6 is 38.6 Å². The van der Waals surface area contributed by atoms with Crippen LogP contribution in [0.2, 0.25) is 0 Å². The summed E-state index contributed by atoms with van der Waals surface area (Å²) in [5.74, 6) is 0. The third kappa shape index (κ3) is 6.41. The number of unbranched alkanes of at least 4 members (excludes halogenated alkanes) is 9. The Kier molecular flexibility index (Phi) is 9.16. The normalized spacial score (nSPS) is 12.2. The molecule has 0 saturated carbocycles. The summed E-state index contributed by atoms with van der Waals surface area (Å²) in [5.41, 5.74) is 8.73. The van der Waals surface area contributed by atoms with Gasteiger partial charge in [0.1, 0.15) is 0 Å². The molecule has 0 nitrogen and oxygen atoms in total. The first kappa shape index (κ1) is 25.9. The molecule has 0 N–H and O–H groups in total. The Balaban J connectivity index is 1.13. The Bertz CT molecular complexity index is 1280. The number of fused-ring (bicyclic) bond motifs is 3. The highest BCUT2D eigenvalue weighted by molar-refractivity contribution is 9.11. The number of benzene rings is 2. The Morgan fingerprint density at radius 2 is 1.22 bits per heavy atom. The van der Waals surface area contributed by atoms with Crippen molar-refractivity contribution in [1.29, 1.82) is 0 Å². The summed E-state index contributed by atoms with van der Waals surface area (Å²) in [6.45, 7) is 2.29. The highest BCUT2D eigenvalue weighted by Crippen LogP contribution is 2.42. The summed E-state index contributed by atoms with van der Waals surface area (Å²) in [4.78, 5) is 4.04.